The van der Waals surface area contributed by atoms with E-state index >= 15 is 0 Å². The lowest BCUT2D eigenvalue weighted by atomic mass is 10.0. The molecule has 3 heterocycles. The first-order valence-corrected chi connectivity index (χ1v) is 11.0. The highest BCUT2D eigenvalue weighted by atomic mass is 127. The molecule has 1 aromatic rings. The fourth-order valence-corrected chi connectivity index (χ4v) is 4.12. The van der Waals surface area contributed by atoms with Crippen molar-refractivity contribution < 1.29 is 4.74 Å². The lowest BCUT2D eigenvalue weighted by molar-refractivity contribution is 0.0529. The van der Waals surface area contributed by atoms with Crippen molar-refractivity contribution in [2.45, 2.75) is 52.3 Å². The second kappa shape index (κ2) is 12.7. The second-order valence-electron chi connectivity index (χ2n) is 8.69. The quantitative estimate of drug-likeness (QED) is 0.335. The number of rotatable bonds is 6. The average molecular weight is 530 g/mol. The van der Waals surface area contributed by atoms with Crippen LogP contribution in [0.5, 0.6) is 0 Å². The molecule has 30 heavy (non-hydrogen) atoms. The molecule has 0 bridgehead atoms. The number of nitrogens with zero attached hydrogens (tertiary/aromatic N) is 4. The molecule has 2 saturated heterocycles. The number of aliphatic imine (C=N–C) groups is 1. The molecule has 3 rings (SSSR count). The summed E-state index contributed by atoms with van der Waals surface area (Å²) in [5.74, 6) is 2.64. The second-order valence-corrected chi connectivity index (χ2v) is 8.69. The third-order valence-corrected chi connectivity index (χ3v) is 5.61. The minimum absolute atomic E-state index is 0. The molecule has 0 spiro atoms. The van der Waals surface area contributed by atoms with Gasteiger partial charge < -0.3 is 25.2 Å². The van der Waals surface area contributed by atoms with Gasteiger partial charge in [-0.2, -0.15) is 0 Å². The largest absolute Gasteiger partial charge is 0.375 e. The van der Waals surface area contributed by atoms with Crippen molar-refractivity contribution in [1.29, 1.82) is 0 Å². The van der Waals surface area contributed by atoms with Gasteiger partial charge in [0.05, 0.1) is 12.7 Å². The third kappa shape index (κ3) is 7.85. The number of hydrogen-bond donors (Lipinski definition) is 2. The van der Waals surface area contributed by atoms with Crippen molar-refractivity contribution in [3.63, 3.8) is 0 Å². The minimum Gasteiger partial charge on any atom is -0.375 e. The minimum atomic E-state index is 0. The van der Waals surface area contributed by atoms with E-state index in [-0.39, 0.29) is 30.1 Å². The van der Waals surface area contributed by atoms with E-state index in [2.05, 4.69) is 63.3 Å². The maximum Gasteiger partial charge on any atom is 0.191 e. The number of piperidine rings is 1. The summed E-state index contributed by atoms with van der Waals surface area (Å²) >= 11 is 0. The van der Waals surface area contributed by atoms with E-state index in [4.69, 9.17) is 4.74 Å². The van der Waals surface area contributed by atoms with Gasteiger partial charge in [0.2, 0.25) is 0 Å². The van der Waals surface area contributed by atoms with Gasteiger partial charge in [0, 0.05) is 58.6 Å². The van der Waals surface area contributed by atoms with Crippen LogP contribution in [0.25, 0.3) is 0 Å². The Hall–Kier alpha value is -1.13. The van der Waals surface area contributed by atoms with E-state index < -0.39 is 0 Å². The maximum atomic E-state index is 5.64. The molecule has 7 nitrogen and oxygen atoms in total. The Morgan fingerprint density at radius 1 is 1.30 bits per heavy atom. The smallest absolute Gasteiger partial charge is 0.191 e. The Morgan fingerprint density at radius 3 is 2.73 bits per heavy atom. The Balaban J connectivity index is 0.00000320. The standard InChI is InChI=1S/C22H38N6O.HI/c1-17(2)15-27-9-6-20(7-10-27)26-22(23-4)25-14-19-5-8-24-21(13-19)28-11-12-29-18(3)16-28;/h5,8,13,17-18,20H,6-7,9-12,14-16H2,1-4H3,(H2,23,25,26);1H. The van der Waals surface area contributed by atoms with Crippen LogP contribution in [0.2, 0.25) is 0 Å². The first kappa shape index (κ1) is 25.1. The van der Waals surface area contributed by atoms with Crippen LogP contribution in [0.1, 0.15) is 39.2 Å². The van der Waals surface area contributed by atoms with E-state index in [1.54, 1.807) is 0 Å². The van der Waals surface area contributed by atoms with Crippen molar-refractivity contribution in [3.8, 4) is 0 Å². The zero-order valence-electron chi connectivity index (χ0n) is 18.9. The van der Waals surface area contributed by atoms with Crippen molar-refractivity contribution in [1.82, 2.24) is 20.5 Å². The van der Waals surface area contributed by atoms with Crippen LogP contribution >= 0.6 is 24.0 Å². The number of anilines is 1. The van der Waals surface area contributed by atoms with Gasteiger partial charge >= 0.3 is 0 Å². The molecular weight excluding hydrogens is 491 g/mol. The molecule has 1 unspecified atom stereocenters. The zero-order chi connectivity index (χ0) is 20.6. The summed E-state index contributed by atoms with van der Waals surface area (Å²) in [5.41, 5.74) is 1.21. The topological polar surface area (TPSA) is 65.0 Å². The number of ether oxygens (including phenoxy) is 1. The molecule has 0 saturated carbocycles. The molecule has 0 aliphatic carbocycles. The van der Waals surface area contributed by atoms with Crippen LogP contribution in [0, 0.1) is 5.92 Å². The van der Waals surface area contributed by atoms with Crippen molar-refractivity contribution >= 4 is 35.8 Å². The van der Waals surface area contributed by atoms with Gasteiger partial charge in [-0.25, -0.2) is 4.98 Å². The van der Waals surface area contributed by atoms with Gasteiger partial charge in [-0.1, -0.05) is 13.8 Å². The van der Waals surface area contributed by atoms with Crippen LogP contribution in [0.15, 0.2) is 23.3 Å². The molecule has 2 aliphatic rings. The van der Waals surface area contributed by atoms with Crippen molar-refractivity contribution in [2.24, 2.45) is 10.9 Å². The molecule has 8 heteroatoms. The van der Waals surface area contributed by atoms with Crippen molar-refractivity contribution in [2.75, 3.05) is 51.3 Å². The monoisotopic (exact) mass is 530 g/mol. The van der Waals surface area contributed by atoms with Gasteiger partial charge in [-0.15, -0.1) is 24.0 Å². The molecule has 0 amide bonds. The number of halogens is 1. The number of pyridine rings is 1. The zero-order valence-corrected chi connectivity index (χ0v) is 21.3. The molecule has 2 aliphatic heterocycles. The van der Waals surface area contributed by atoms with Crippen LogP contribution < -0.4 is 15.5 Å². The summed E-state index contributed by atoms with van der Waals surface area (Å²) in [6.45, 7) is 13.5. The van der Waals surface area contributed by atoms with E-state index in [1.165, 1.54) is 38.0 Å². The molecule has 2 N–H and O–H groups in total. The lowest BCUT2D eigenvalue weighted by Crippen LogP contribution is -2.49. The number of likely N-dealkylation sites (tertiary alicyclic amines) is 1. The maximum absolute atomic E-state index is 5.64. The summed E-state index contributed by atoms with van der Waals surface area (Å²) < 4.78 is 5.64. The highest BCUT2D eigenvalue weighted by Crippen LogP contribution is 2.16. The molecule has 0 aromatic carbocycles. The van der Waals surface area contributed by atoms with Gasteiger partial charge in [-0.3, -0.25) is 4.99 Å². The van der Waals surface area contributed by atoms with Crippen LogP contribution in [-0.4, -0.2) is 74.4 Å². The molecule has 170 valence electrons. The highest BCUT2D eigenvalue weighted by Gasteiger charge is 2.21. The number of hydrogen-bond acceptors (Lipinski definition) is 5. The lowest BCUT2D eigenvalue weighted by Gasteiger charge is -2.34. The van der Waals surface area contributed by atoms with E-state index in [0.717, 1.165) is 43.9 Å². The summed E-state index contributed by atoms with van der Waals surface area (Å²) in [6.07, 6.45) is 4.49. The first-order valence-electron chi connectivity index (χ1n) is 11.0. The number of nitrogens with one attached hydrogen (secondary N) is 2. The van der Waals surface area contributed by atoms with Gasteiger partial charge in [0.1, 0.15) is 5.82 Å². The first-order chi connectivity index (χ1) is 14.0. The van der Waals surface area contributed by atoms with Gasteiger partial charge in [0.15, 0.2) is 5.96 Å². The Bertz CT molecular complexity index is 663. The summed E-state index contributed by atoms with van der Waals surface area (Å²) in [6, 6.07) is 4.73. The van der Waals surface area contributed by atoms with Gasteiger partial charge in [0.25, 0.3) is 0 Å². The van der Waals surface area contributed by atoms with E-state index in [1.807, 2.05) is 13.2 Å². The predicted octanol–water partition coefficient (Wildman–Crippen LogP) is 2.71. The number of guanidine groups is 1. The SMILES string of the molecule is CN=C(NCc1ccnc(N2CCOC(C)C2)c1)NC1CCN(CC(C)C)CC1.I. The molecule has 1 aromatic heterocycles. The fourth-order valence-electron chi connectivity index (χ4n) is 4.12. The fraction of sp³-hybridized carbons (Fsp3) is 0.727. The van der Waals surface area contributed by atoms with Crippen molar-refractivity contribution in [3.05, 3.63) is 23.9 Å². The highest BCUT2D eigenvalue weighted by molar-refractivity contribution is 14.0. The molecule has 2 fully saturated rings. The molecule has 1 atom stereocenters. The van der Waals surface area contributed by atoms with Crippen LogP contribution in [-0.2, 0) is 11.3 Å². The number of aromatic nitrogens is 1. The van der Waals surface area contributed by atoms with Gasteiger partial charge in [-0.05, 0) is 43.4 Å². The Kier molecular flexibility index (Phi) is 10.6. The predicted molar refractivity (Wildman–Crippen MR) is 135 cm³/mol. The van der Waals surface area contributed by atoms with Crippen LogP contribution in [0.3, 0.4) is 0 Å². The van der Waals surface area contributed by atoms with E-state index in [9.17, 15) is 0 Å². The summed E-state index contributed by atoms with van der Waals surface area (Å²) in [7, 11) is 1.84. The van der Waals surface area contributed by atoms with E-state index in [0.29, 0.717) is 6.04 Å². The average Bonchev–Trinajstić information content (AvgIpc) is 2.72. The number of morpholine rings is 1. The Labute approximate surface area is 199 Å². The van der Waals surface area contributed by atoms with Crippen LogP contribution in [0.4, 0.5) is 5.82 Å². The molecular formula is C22H39IN6O. The Morgan fingerprint density at radius 2 is 2.07 bits per heavy atom. The normalized spacial score (nSPS) is 21.4. The summed E-state index contributed by atoms with van der Waals surface area (Å²) in [5, 5.41) is 7.07. The molecule has 0 radical (unpaired) electrons. The third-order valence-electron chi connectivity index (χ3n) is 5.61. The summed E-state index contributed by atoms with van der Waals surface area (Å²) in [4.78, 5) is 13.9.